The third-order valence-electron chi connectivity index (χ3n) is 14.8. The molecule has 2 unspecified atom stereocenters. The maximum absolute atomic E-state index is 15.3. The number of anilines is 4. The van der Waals surface area contributed by atoms with Crippen LogP contribution in [0.4, 0.5) is 23.3 Å². The van der Waals surface area contributed by atoms with E-state index in [2.05, 4.69) is 56.1 Å². The Hall–Kier alpha value is -7.96. The highest BCUT2D eigenvalue weighted by Crippen LogP contribution is 2.55. The van der Waals surface area contributed by atoms with Crippen molar-refractivity contribution in [3.05, 3.63) is 158 Å². The summed E-state index contributed by atoms with van der Waals surface area (Å²) in [7, 11) is -2.43. The summed E-state index contributed by atoms with van der Waals surface area (Å²) in [6.07, 6.45) is -5.09. The van der Waals surface area contributed by atoms with E-state index in [0.717, 1.165) is 18.2 Å². The van der Waals surface area contributed by atoms with E-state index in [4.69, 9.17) is 51.0 Å². The van der Waals surface area contributed by atoms with Gasteiger partial charge in [-0.05, 0) is 98.3 Å². The molecule has 5 N–H and O–H groups in total. The van der Waals surface area contributed by atoms with Gasteiger partial charge in [-0.1, -0.05) is 80.6 Å². The number of rotatable bonds is 33. The number of phosphoric ester groups is 1. The molecule has 8 atom stereocenters. The lowest BCUT2D eigenvalue weighted by molar-refractivity contribution is -0.118. The van der Waals surface area contributed by atoms with E-state index in [1.807, 2.05) is 123 Å². The van der Waals surface area contributed by atoms with Crippen LogP contribution in [0, 0.1) is 11.3 Å². The van der Waals surface area contributed by atoms with E-state index in [-0.39, 0.29) is 80.2 Å². The van der Waals surface area contributed by atoms with Gasteiger partial charge in [0.25, 0.3) is 20.0 Å². The molecule has 29 heteroatoms. The molecule has 92 heavy (non-hydrogen) atoms. The molecule has 0 bridgehead atoms. The van der Waals surface area contributed by atoms with Crippen LogP contribution in [0.5, 0.6) is 17.2 Å². The van der Waals surface area contributed by atoms with E-state index in [1.165, 1.54) is 23.8 Å². The maximum Gasteiger partial charge on any atom is 0.474 e. The largest absolute Gasteiger partial charge is 0.497 e. The number of nitriles is 1. The number of nitrogens with zero attached hydrogens (tertiary/aromatic N) is 5. The number of benzene rings is 4. The van der Waals surface area contributed by atoms with E-state index in [1.54, 1.807) is 26.4 Å². The molecule has 2 aliphatic heterocycles. The van der Waals surface area contributed by atoms with Gasteiger partial charge >= 0.3 is 13.5 Å². The van der Waals surface area contributed by atoms with Gasteiger partial charge in [-0.3, -0.25) is 47.6 Å². The number of phosphoric acid groups is 1. The van der Waals surface area contributed by atoms with Gasteiger partial charge in [-0.2, -0.15) is 15.2 Å². The van der Waals surface area contributed by atoms with Crippen molar-refractivity contribution < 1.29 is 70.0 Å². The molecule has 2 fully saturated rings. The summed E-state index contributed by atoms with van der Waals surface area (Å²) in [6.45, 7) is 12.0. The van der Waals surface area contributed by atoms with Crippen LogP contribution >= 0.6 is 16.3 Å². The summed E-state index contributed by atoms with van der Waals surface area (Å²) in [5.41, 5.74) is -0.130. The predicted molar refractivity (Wildman–Crippen MR) is 341 cm³/mol. The minimum Gasteiger partial charge on any atom is -0.497 e. The average molecular weight is 1310 g/mol. The molecule has 0 aliphatic carbocycles. The first-order chi connectivity index (χ1) is 44.2. The molecule has 3 amide bonds. The van der Waals surface area contributed by atoms with Crippen LogP contribution in [0.2, 0.25) is 0 Å². The van der Waals surface area contributed by atoms with Crippen LogP contribution in [-0.2, 0) is 61.4 Å². The zero-order chi connectivity index (χ0) is 66.1. The zero-order valence-corrected chi connectivity index (χ0v) is 54.6. The maximum atomic E-state index is 15.3. The number of aromatic amines is 1. The topological polar surface area (TPSA) is 326 Å². The van der Waals surface area contributed by atoms with Gasteiger partial charge in [-0.25, -0.2) is 14.0 Å². The fourth-order valence-corrected chi connectivity index (χ4v) is 13.4. The molecular weight excluding hydrogens is 1230 g/mol. The zero-order valence-electron chi connectivity index (χ0n) is 52.8. The van der Waals surface area contributed by atoms with E-state index in [0.29, 0.717) is 28.4 Å². The van der Waals surface area contributed by atoms with Gasteiger partial charge in [-0.15, -0.1) is 0 Å². The minimum atomic E-state index is -4.74. The summed E-state index contributed by atoms with van der Waals surface area (Å²) >= 11 is 0. The number of amides is 3. The lowest BCUT2D eigenvalue weighted by Crippen LogP contribution is -2.38. The summed E-state index contributed by atoms with van der Waals surface area (Å²) < 4.78 is 87.3. The summed E-state index contributed by atoms with van der Waals surface area (Å²) in [6, 6.07) is 34.8. The van der Waals surface area contributed by atoms with E-state index >= 15 is 4.57 Å². The van der Waals surface area contributed by atoms with Crippen LogP contribution in [-0.4, -0.2) is 133 Å². The lowest BCUT2D eigenvalue weighted by Gasteiger charge is -2.37. The summed E-state index contributed by atoms with van der Waals surface area (Å²) in [5.74, 6) is 0.317. The number of methoxy groups -OCH3 is 2. The van der Waals surface area contributed by atoms with Gasteiger partial charge < -0.3 is 53.4 Å². The van der Waals surface area contributed by atoms with Gasteiger partial charge in [0.2, 0.25) is 18.3 Å². The number of hydrogen-bond donors (Lipinski definition) is 5. The molecule has 4 aromatic carbocycles. The first-order valence-electron chi connectivity index (χ1n) is 29.7. The average Bonchev–Trinajstić information content (AvgIpc) is 0.852. The van der Waals surface area contributed by atoms with Crippen molar-refractivity contribution in [2.24, 2.45) is 0 Å². The Morgan fingerprint density at radius 1 is 0.826 bits per heavy atom. The monoisotopic (exact) mass is 1310 g/mol. The van der Waals surface area contributed by atoms with E-state index in [9.17, 15) is 29.2 Å². The fourth-order valence-electron chi connectivity index (χ4n) is 10.5. The second kappa shape index (κ2) is 32.5. The molecule has 0 saturated carbocycles. The van der Waals surface area contributed by atoms with Crippen molar-refractivity contribution in [1.29, 1.82) is 5.26 Å². The molecule has 0 spiro atoms. The Kier molecular flexibility index (Phi) is 24.7. The van der Waals surface area contributed by atoms with Gasteiger partial charge in [0.05, 0.1) is 52.6 Å². The van der Waals surface area contributed by atoms with Crippen LogP contribution in [0.15, 0.2) is 125 Å². The number of carbonyl (C=O) groups excluding carboxylic acids is 3. The molecule has 8 rings (SSSR count). The van der Waals surface area contributed by atoms with Crippen molar-refractivity contribution in [3.8, 4) is 23.3 Å². The fraction of sp³-hybridized carbons (Fsp3) is 0.429. The quantitative estimate of drug-likeness (QED) is 0.0111. The van der Waals surface area contributed by atoms with Crippen molar-refractivity contribution in [2.75, 3.05) is 69.0 Å². The molecule has 2 saturated heterocycles. The highest BCUT2D eigenvalue weighted by Gasteiger charge is 2.48. The molecule has 27 nitrogen and oxygen atoms in total. The standard InChI is InChI=1S/C63H78N10O17P2/c1-39(2)43-17-23-49(24-18-43)83-37-55(76)68-61-70-59(58(65-38-74)60(77)71-61)69-56-33-50(89-91(85-32-14-30-64)73(40(3)4)41(5)6)53(87-56)36-86-92(79,82-10)90-51-34-57(72-31-29-54(66-42(7)75)67-62(72)78)88-52(51)35-84-63(44-15-12-11-13-16-44,45-19-25-47(80-8)26-20-45)46-21-27-48(81-9)28-22-46/h11-13,15-29,31,38-41,50-53,56-57H,14,32-37H2,1-10H3,(H,65,74)(H,66,67,75,78)(H3,68,69,70,71,76,77)/t50-,51-,52+,53+,56-,57+,91?,92?/m0/s1. The number of ether oxygens (including phenoxy) is 6. The minimum absolute atomic E-state index is 0.00965. The van der Waals surface area contributed by atoms with Crippen LogP contribution < -0.4 is 46.7 Å². The van der Waals surface area contributed by atoms with Gasteiger partial charge in [0.15, 0.2) is 12.4 Å². The van der Waals surface area contributed by atoms with Crippen molar-refractivity contribution in [1.82, 2.24) is 24.2 Å². The van der Waals surface area contributed by atoms with Crippen molar-refractivity contribution in [3.63, 3.8) is 0 Å². The molecule has 2 aromatic heterocycles. The summed E-state index contributed by atoms with van der Waals surface area (Å²) in [4.78, 5) is 75.4. The number of aromatic nitrogens is 4. The highest BCUT2D eigenvalue weighted by atomic mass is 31.2. The lowest BCUT2D eigenvalue weighted by atomic mass is 9.80. The van der Waals surface area contributed by atoms with E-state index < -0.39 is 95.1 Å². The van der Waals surface area contributed by atoms with Crippen LogP contribution in [0.3, 0.4) is 0 Å². The second-order valence-electron chi connectivity index (χ2n) is 22.1. The first-order valence-corrected chi connectivity index (χ1v) is 32.3. The Bertz CT molecular complexity index is 3580. The number of H-pyrrole nitrogens is 1. The normalized spacial score (nSPS) is 19.1. The molecule has 6 aromatic rings. The number of carbonyl (C=O) groups is 3. The highest BCUT2D eigenvalue weighted by molar-refractivity contribution is 7.48. The molecule has 0 radical (unpaired) electrons. The van der Waals surface area contributed by atoms with Gasteiger partial charge in [0.1, 0.15) is 65.1 Å². The smallest absolute Gasteiger partial charge is 0.474 e. The molecular formula is C63H78N10O17P2. The molecule has 492 valence electrons. The number of nitrogens with one attached hydrogen (secondary N) is 5. The Labute approximate surface area is 534 Å². The Balaban J connectivity index is 1.10. The Morgan fingerprint density at radius 2 is 1.46 bits per heavy atom. The summed E-state index contributed by atoms with van der Waals surface area (Å²) in [5, 5.41) is 20.0. The second-order valence-corrected chi connectivity index (χ2v) is 25.3. The third kappa shape index (κ3) is 17.8. The number of hydrogen-bond acceptors (Lipinski definition) is 22. The Morgan fingerprint density at radius 3 is 2.03 bits per heavy atom. The first kappa shape index (κ1) is 69.9. The third-order valence-corrected chi connectivity index (χ3v) is 18.4. The molecule has 2 aliphatic rings. The van der Waals surface area contributed by atoms with Crippen molar-refractivity contribution in [2.45, 2.75) is 128 Å². The predicted octanol–water partition coefficient (Wildman–Crippen LogP) is 9.35. The van der Waals surface area contributed by atoms with Crippen LogP contribution in [0.1, 0.15) is 102 Å². The van der Waals surface area contributed by atoms with Crippen LogP contribution in [0.25, 0.3) is 0 Å². The SMILES string of the molecule is COc1ccc(C(OC[C@H]2O[C@@H](n3ccc(NC(C)=O)nc3=O)C[C@@H]2OP(=O)(OC)OC[C@H]2O[C@H](Nc3nc(NC(=O)COc4ccc(C(C)C)cc4)[nH]c(=O)c3NC=O)C[C@@H]2OP(OCCC#N)N(C(C)C)C(C)C)(c2ccccc2)c2ccc(OC)cc2)cc1. The molecule has 4 heterocycles. The van der Waals surface area contributed by atoms with Crippen molar-refractivity contribution >= 4 is 57.8 Å². The van der Waals surface area contributed by atoms with Gasteiger partial charge in [0, 0.05) is 45.2 Å².